The Morgan fingerprint density at radius 2 is 1.48 bits per heavy atom. The van der Waals surface area contributed by atoms with Crippen molar-refractivity contribution in [2.75, 3.05) is 13.1 Å². The van der Waals surface area contributed by atoms with Gasteiger partial charge >= 0.3 is 0 Å². The molecule has 1 aliphatic heterocycles. The molecule has 0 bridgehead atoms. The lowest BCUT2D eigenvalue weighted by atomic mass is 10.0. The average Bonchev–Trinajstić information content (AvgIpc) is 3.45. The Hall–Kier alpha value is -3.89. The van der Waals surface area contributed by atoms with Crippen molar-refractivity contribution in [1.29, 1.82) is 0 Å². The first-order valence-electron chi connectivity index (χ1n) is 17.4. The normalized spacial score (nSPS) is 16.6. The minimum absolute atomic E-state index is 0.00872. The maximum Gasteiger partial charge on any atom is 0.245 e. The molecule has 2 fully saturated rings. The topological polar surface area (TPSA) is 95.5 Å². The number of carbonyl (C=O) groups excluding carboxylic acids is 3. The van der Waals surface area contributed by atoms with Crippen molar-refractivity contribution in [3.05, 3.63) is 70.9 Å². The van der Waals surface area contributed by atoms with Gasteiger partial charge in [-0.15, -0.1) is 22.7 Å². The van der Waals surface area contributed by atoms with Crippen molar-refractivity contribution in [3.8, 4) is 32.0 Å². The molecule has 10 heteroatoms. The van der Waals surface area contributed by atoms with Gasteiger partial charge in [0.25, 0.3) is 0 Å². The van der Waals surface area contributed by atoms with E-state index >= 15 is 0 Å². The van der Waals surface area contributed by atoms with E-state index < -0.39 is 6.04 Å². The molecular weight excluding hydrogens is 639 g/mol. The van der Waals surface area contributed by atoms with Crippen LogP contribution in [0.3, 0.4) is 0 Å². The number of nitrogens with one attached hydrogen (secondary N) is 1. The fourth-order valence-corrected chi connectivity index (χ4v) is 8.31. The van der Waals surface area contributed by atoms with Gasteiger partial charge in [0.1, 0.15) is 16.1 Å². The summed E-state index contributed by atoms with van der Waals surface area (Å²) >= 11 is 3.30. The molecule has 3 heterocycles. The number of aromatic nitrogens is 2. The van der Waals surface area contributed by atoms with E-state index in [0.717, 1.165) is 87.1 Å². The van der Waals surface area contributed by atoms with Gasteiger partial charge in [-0.05, 0) is 67.2 Å². The highest BCUT2D eigenvalue weighted by atomic mass is 32.1. The van der Waals surface area contributed by atoms with Crippen LogP contribution in [0.1, 0.15) is 88.2 Å². The highest BCUT2D eigenvalue weighted by molar-refractivity contribution is 7.15. The number of rotatable bonds is 14. The molecule has 6 rings (SSSR count). The molecule has 2 aliphatic rings. The predicted octanol–water partition coefficient (Wildman–Crippen LogP) is 8.11. The first kappa shape index (κ1) is 34.0. The number of nitrogens with zero attached hydrogens (tertiary/aromatic N) is 4. The van der Waals surface area contributed by atoms with Gasteiger partial charge in [-0.3, -0.25) is 14.4 Å². The summed E-state index contributed by atoms with van der Waals surface area (Å²) in [6.45, 7) is 8.12. The largest absolute Gasteiger partial charge is 0.344 e. The number of amides is 3. The lowest BCUT2D eigenvalue weighted by Crippen LogP contribution is -2.48. The van der Waals surface area contributed by atoms with Crippen LogP contribution in [0, 0.1) is 5.92 Å². The van der Waals surface area contributed by atoms with E-state index in [1.54, 1.807) is 22.7 Å². The number of hydrogen-bond donors (Lipinski definition) is 1. The van der Waals surface area contributed by atoms with Gasteiger partial charge < -0.3 is 15.1 Å². The molecule has 0 radical (unpaired) electrons. The van der Waals surface area contributed by atoms with E-state index in [-0.39, 0.29) is 29.7 Å². The number of hydrogen-bond acceptors (Lipinski definition) is 7. The minimum Gasteiger partial charge on any atom is -0.344 e. The lowest BCUT2D eigenvalue weighted by molar-refractivity contribution is -0.137. The summed E-state index contributed by atoms with van der Waals surface area (Å²) in [5.74, 6) is 0.311. The molecule has 4 aromatic rings. The molecule has 252 valence electrons. The van der Waals surface area contributed by atoms with Crippen molar-refractivity contribution < 1.29 is 14.4 Å². The van der Waals surface area contributed by atoms with Crippen molar-refractivity contribution in [2.45, 2.75) is 90.8 Å². The van der Waals surface area contributed by atoms with E-state index in [9.17, 15) is 14.4 Å². The molecule has 3 amide bonds. The van der Waals surface area contributed by atoms with Crippen LogP contribution in [-0.2, 0) is 20.9 Å². The minimum atomic E-state index is -0.469. The quantitative estimate of drug-likeness (QED) is 0.145. The van der Waals surface area contributed by atoms with E-state index in [0.29, 0.717) is 25.9 Å². The van der Waals surface area contributed by atoms with Crippen LogP contribution < -0.4 is 5.32 Å². The lowest BCUT2D eigenvalue weighted by Gasteiger charge is -2.28. The third-order valence-corrected chi connectivity index (χ3v) is 11.4. The van der Waals surface area contributed by atoms with Gasteiger partial charge in [0.15, 0.2) is 0 Å². The van der Waals surface area contributed by atoms with Crippen molar-refractivity contribution in [1.82, 2.24) is 25.1 Å². The number of benzene rings is 2. The van der Waals surface area contributed by atoms with E-state index in [1.807, 2.05) is 36.0 Å². The van der Waals surface area contributed by atoms with Gasteiger partial charge in [0, 0.05) is 37.8 Å². The zero-order valence-electron chi connectivity index (χ0n) is 28.1. The number of thiazole rings is 2. The molecule has 2 unspecified atom stereocenters. The average molecular weight is 684 g/mol. The monoisotopic (exact) mass is 683 g/mol. The van der Waals surface area contributed by atoms with Gasteiger partial charge in [-0.2, -0.15) is 0 Å². The molecule has 8 nitrogen and oxygen atoms in total. The smallest absolute Gasteiger partial charge is 0.245 e. The van der Waals surface area contributed by atoms with Gasteiger partial charge in [0.2, 0.25) is 17.7 Å². The Balaban J connectivity index is 1.09. The van der Waals surface area contributed by atoms with Crippen molar-refractivity contribution in [3.63, 3.8) is 0 Å². The second-order valence-electron chi connectivity index (χ2n) is 12.8. The predicted molar refractivity (Wildman–Crippen MR) is 193 cm³/mol. The fraction of sp³-hybridized carbons (Fsp3) is 0.447. The Labute approximate surface area is 291 Å². The van der Waals surface area contributed by atoms with Crippen LogP contribution in [0.15, 0.2) is 60.9 Å². The zero-order valence-corrected chi connectivity index (χ0v) is 29.7. The highest BCUT2D eigenvalue weighted by Crippen LogP contribution is 2.38. The standard InChI is InChI=1S/C38H45N5O3S2/c1-4-8-35(44)42(20-5-2)24-34-39-22-32(47-34)27-14-10-25(11-15-27)26-12-16-28(17-13-26)33-23-40-37(48-33)31-9-7-21-43(31)38(46)30(6-3)41-36(45)29-18-19-29/h10-17,22-23,29-31H,4-9,18-21,24H2,1-3H3,(H,41,45). The highest BCUT2D eigenvalue weighted by Gasteiger charge is 2.37. The van der Waals surface area contributed by atoms with Crippen LogP contribution >= 0.6 is 22.7 Å². The van der Waals surface area contributed by atoms with Crippen LogP contribution in [0.2, 0.25) is 0 Å². The third kappa shape index (κ3) is 7.87. The van der Waals surface area contributed by atoms with Gasteiger partial charge in [-0.1, -0.05) is 69.3 Å². The number of likely N-dealkylation sites (tertiary alicyclic amines) is 1. The van der Waals surface area contributed by atoms with Crippen molar-refractivity contribution in [2.24, 2.45) is 5.92 Å². The molecule has 1 saturated heterocycles. The van der Waals surface area contributed by atoms with Gasteiger partial charge in [0.05, 0.1) is 22.3 Å². The van der Waals surface area contributed by atoms with E-state index in [1.165, 1.54) is 0 Å². The Morgan fingerprint density at radius 1 is 0.854 bits per heavy atom. The van der Waals surface area contributed by atoms with Crippen LogP contribution in [0.4, 0.5) is 0 Å². The molecule has 2 aromatic heterocycles. The zero-order chi connectivity index (χ0) is 33.6. The summed E-state index contributed by atoms with van der Waals surface area (Å²) in [5.41, 5.74) is 4.49. The summed E-state index contributed by atoms with van der Waals surface area (Å²) < 4.78 is 0. The summed E-state index contributed by atoms with van der Waals surface area (Å²) in [7, 11) is 0. The van der Waals surface area contributed by atoms with Crippen LogP contribution in [0.25, 0.3) is 32.0 Å². The second-order valence-corrected chi connectivity index (χ2v) is 15.0. The summed E-state index contributed by atoms with van der Waals surface area (Å²) in [6, 6.07) is 16.6. The Kier molecular flexibility index (Phi) is 11.0. The molecule has 2 atom stereocenters. The van der Waals surface area contributed by atoms with E-state index in [2.05, 4.69) is 65.8 Å². The van der Waals surface area contributed by atoms with Crippen LogP contribution in [0.5, 0.6) is 0 Å². The molecular formula is C38H45N5O3S2. The molecule has 48 heavy (non-hydrogen) atoms. The fourth-order valence-electron chi connectivity index (χ4n) is 6.30. The molecule has 0 spiro atoms. The third-order valence-electron chi connectivity index (χ3n) is 9.18. The summed E-state index contributed by atoms with van der Waals surface area (Å²) in [5, 5.41) is 4.91. The molecule has 1 N–H and O–H groups in total. The SMILES string of the molecule is CCCC(=O)N(CCC)Cc1ncc(-c2ccc(-c3ccc(-c4cnc(C5CCCN5C(=O)C(CC)NC(=O)C5CC5)s4)cc3)cc2)s1. The summed E-state index contributed by atoms with van der Waals surface area (Å²) in [6.07, 6.45) is 10.5. The maximum absolute atomic E-state index is 13.5. The number of carbonyl (C=O) groups is 3. The second kappa shape index (κ2) is 15.6. The van der Waals surface area contributed by atoms with E-state index in [4.69, 9.17) is 4.98 Å². The Bertz CT molecular complexity index is 1710. The Morgan fingerprint density at radius 3 is 2.08 bits per heavy atom. The molecule has 2 aromatic carbocycles. The van der Waals surface area contributed by atoms with Crippen LogP contribution in [-0.4, -0.2) is 56.6 Å². The first-order chi connectivity index (χ1) is 23.4. The molecule has 1 aliphatic carbocycles. The van der Waals surface area contributed by atoms with Gasteiger partial charge in [-0.25, -0.2) is 9.97 Å². The molecule has 1 saturated carbocycles. The summed E-state index contributed by atoms with van der Waals surface area (Å²) in [4.78, 5) is 53.8. The first-order valence-corrected chi connectivity index (χ1v) is 19.0. The maximum atomic E-state index is 13.5. The van der Waals surface area contributed by atoms with Crippen molar-refractivity contribution >= 4 is 40.4 Å².